The lowest BCUT2D eigenvalue weighted by atomic mass is 9.84. The molecule has 0 aliphatic heterocycles. The van der Waals surface area contributed by atoms with E-state index >= 15 is 0 Å². The van der Waals surface area contributed by atoms with E-state index in [2.05, 4.69) is 103 Å². The van der Waals surface area contributed by atoms with Gasteiger partial charge in [-0.1, -0.05) is 75.7 Å². The van der Waals surface area contributed by atoms with Crippen molar-refractivity contribution in [1.82, 2.24) is 0 Å². The number of rotatable bonds is 8. The number of alkyl halides is 1. The van der Waals surface area contributed by atoms with Gasteiger partial charge in [-0.3, -0.25) is 0 Å². The average molecular weight is 470 g/mol. The largest absolute Gasteiger partial charge is 0.408 e. The first-order chi connectivity index (χ1) is 12.1. The number of benzene rings is 1. The van der Waals surface area contributed by atoms with E-state index in [-0.39, 0.29) is 21.3 Å². The third kappa shape index (κ3) is 8.52. The molecule has 0 spiro atoms. The van der Waals surface area contributed by atoms with E-state index in [0.29, 0.717) is 19.5 Å². The fraction of sp³-hybridized carbons (Fsp3) is 0.727. The van der Waals surface area contributed by atoms with Crippen molar-refractivity contribution in [3.8, 4) is 0 Å². The van der Waals surface area contributed by atoms with E-state index in [1.807, 2.05) is 0 Å². The molecular formula is C22H37BrO2Si2. The summed E-state index contributed by atoms with van der Waals surface area (Å²) in [5, 5.41) is 1.28. The van der Waals surface area contributed by atoms with Crippen LogP contribution in [-0.2, 0) is 26.5 Å². The molecule has 0 amide bonds. The third-order valence-electron chi connectivity index (χ3n) is 3.99. The highest BCUT2D eigenvalue weighted by atomic mass is 79.9. The molecule has 152 valence electrons. The van der Waals surface area contributed by atoms with E-state index in [9.17, 15) is 0 Å². The van der Waals surface area contributed by atoms with Gasteiger partial charge in [-0.2, -0.15) is 0 Å². The molecule has 0 fully saturated rings. The van der Waals surface area contributed by atoms with Crippen LogP contribution in [0.2, 0.25) is 10.1 Å². The van der Waals surface area contributed by atoms with Gasteiger partial charge in [0.15, 0.2) is 0 Å². The molecule has 1 rings (SSSR count). The predicted octanol–water partition coefficient (Wildman–Crippen LogP) is 6.80. The Hall–Kier alpha value is 0.0538. The summed E-state index contributed by atoms with van der Waals surface area (Å²) in [4.78, 5) is 0. The molecule has 0 bridgehead atoms. The van der Waals surface area contributed by atoms with Gasteiger partial charge in [-0.15, -0.1) is 0 Å². The first kappa shape index (κ1) is 25.1. The summed E-state index contributed by atoms with van der Waals surface area (Å²) in [5.74, 6) is 0. The van der Waals surface area contributed by atoms with Crippen molar-refractivity contribution in [2.45, 2.75) is 96.9 Å². The van der Waals surface area contributed by atoms with Crippen LogP contribution in [0.3, 0.4) is 0 Å². The van der Waals surface area contributed by atoms with Gasteiger partial charge in [0.25, 0.3) is 0 Å². The van der Waals surface area contributed by atoms with Crippen LogP contribution in [0.1, 0.15) is 85.9 Å². The van der Waals surface area contributed by atoms with Crippen LogP contribution in [0.15, 0.2) is 18.2 Å². The normalized spacial score (nSPS) is 13.9. The Kier molecular flexibility index (Phi) is 8.59. The molecule has 1 aromatic rings. The molecule has 0 N–H and O–H groups in total. The molecule has 0 saturated heterocycles. The van der Waals surface area contributed by atoms with E-state index < -0.39 is 0 Å². The van der Waals surface area contributed by atoms with Crippen molar-refractivity contribution in [2.24, 2.45) is 0 Å². The molecule has 2 nitrogen and oxygen atoms in total. The monoisotopic (exact) mass is 468 g/mol. The molecule has 0 saturated carbocycles. The number of aryl methyl sites for hydroxylation is 1. The lowest BCUT2D eigenvalue weighted by molar-refractivity contribution is 0.0829. The van der Waals surface area contributed by atoms with Crippen molar-refractivity contribution in [3.63, 3.8) is 0 Å². The molecular weight excluding hydrogens is 432 g/mol. The molecule has 0 unspecified atom stereocenters. The molecule has 0 aromatic heterocycles. The van der Waals surface area contributed by atoms with Crippen molar-refractivity contribution < 1.29 is 8.85 Å². The Morgan fingerprint density at radius 3 is 1.59 bits per heavy atom. The van der Waals surface area contributed by atoms with E-state index in [1.165, 1.54) is 16.7 Å². The average Bonchev–Trinajstić information content (AvgIpc) is 2.50. The molecule has 0 heterocycles. The molecule has 1 aromatic carbocycles. The minimum Gasteiger partial charge on any atom is -0.408 e. The second-order valence-corrected chi connectivity index (χ2v) is 14.9. The lowest BCUT2D eigenvalue weighted by Crippen LogP contribution is -2.34. The molecule has 5 heteroatoms. The minimum absolute atomic E-state index is 0.157. The maximum absolute atomic E-state index is 6.46. The molecule has 0 aliphatic rings. The van der Waals surface area contributed by atoms with Crippen molar-refractivity contribution in [3.05, 3.63) is 34.9 Å². The second kappa shape index (κ2) is 9.25. The maximum atomic E-state index is 6.46. The van der Waals surface area contributed by atoms with Crippen LogP contribution in [0.25, 0.3) is 0 Å². The summed E-state index contributed by atoms with van der Waals surface area (Å²) < 4.78 is 12.9. The maximum Gasteiger partial charge on any atom is 0.236 e. The van der Waals surface area contributed by atoms with Gasteiger partial charge < -0.3 is 8.85 Å². The summed E-state index contributed by atoms with van der Waals surface area (Å²) in [7, 11) is 0.881. The number of halogens is 1. The quantitative estimate of drug-likeness (QED) is 0.308. The van der Waals surface area contributed by atoms with Crippen LogP contribution < -0.4 is 0 Å². The van der Waals surface area contributed by atoms with Crippen LogP contribution in [-0.4, -0.2) is 24.9 Å². The summed E-state index contributed by atoms with van der Waals surface area (Å²) >= 11 is 3.57. The summed E-state index contributed by atoms with van der Waals surface area (Å²) in [6.45, 7) is 22.1. The van der Waals surface area contributed by atoms with Crippen molar-refractivity contribution in [2.75, 3.05) is 5.33 Å². The Bertz CT molecular complexity index is 614. The highest BCUT2D eigenvalue weighted by Crippen LogP contribution is 2.38. The van der Waals surface area contributed by atoms with Gasteiger partial charge in [0.2, 0.25) is 19.5 Å². The predicted molar refractivity (Wildman–Crippen MR) is 123 cm³/mol. The summed E-state index contributed by atoms with van der Waals surface area (Å²) in [5.41, 5.74) is 3.06. The van der Waals surface area contributed by atoms with Crippen LogP contribution in [0.5, 0.6) is 0 Å². The lowest BCUT2D eigenvalue weighted by Gasteiger charge is -2.37. The van der Waals surface area contributed by atoms with E-state index in [0.717, 1.165) is 11.8 Å². The number of hydrogen-bond donors (Lipinski definition) is 0. The van der Waals surface area contributed by atoms with Crippen molar-refractivity contribution >= 4 is 35.5 Å². The third-order valence-corrected chi connectivity index (χ3v) is 6.84. The van der Waals surface area contributed by atoms with Gasteiger partial charge in [-0.25, -0.2) is 0 Å². The Morgan fingerprint density at radius 2 is 1.19 bits per heavy atom. The van der Waals surface area contributed by atoms with Gasteiger partial charge in [-0.05, 0) is 60.9 Å². The Morgan fingerprint density at radius 1 is 0.741 bits per heavy atom. The second-order valence-electron chi connectivity index (χ2n) is 10.2. The fourth-order valence-corrected chi connectivity index (χ4v) is 4.35. The number of hydrogen-bond acceptors (Lipinski definition) is 2. The summed E-state index contributed by atoms with van der Waals surface area (Å²) in [6.07, 6.45) is 1.01. The van der Waals surface area contributed by atoms with Crippen molar-refractivity contribution in [1.29, 1.82) is 0 Å². The zero-order valence-corrected chi connectivity index (χ0v) is 22.4. The molecule has 27 heavy (non-hydrogen) atoms. The van der Waals surface area contributed by atoms with Gasteiger partial charge in [0, 0.05) is 5.33 Å². The SMILES string of the molecule is CC(C)(C)[Si]OC(C)(C)c1ccc(CCBr)cc1C(C)(C)O[Si]C(C)(C)C. The first-order valence-electron chi connectivity index (χ1n) is 9.68. The fourth-order valence-electron chi connectivity index (χ4n) is 2.55. The van der Waals surface area contributed by atoms with Gasteiger partial charge >= 0.3 is 0 Å². The smallest absolute Gasteiger partial charge is 0.236 e. The Balaban J connectivity index is 3.31. The zero-order valence-electron chi connectivity index (χ0n) is 18.8. The van der Waals surface area contributed by atoms with Gasteiger partial charge in [0.05, 0.1) is 11.2 Å². The van der Waals surface area contributed by atoms with E-state index in [4.69, 9.17) is 8.85 Å². The first-order valence-corrected chi connectivity index (χ1v) is 12.6. The molecule has 0 atom stereocenters. The minimum atomic E-state index is -0.366. The van der Waals surface area contributed by atoms with Crippen LogP contribution in [0.4, 0.5) is 0 Å². The standard InChI is InChI=1S/C22H37BrO2Si2/c1-19(2,3)26-24-21(7,8)17-12-11-16(13-14-23)15-18(17)22(9,10)25-27-20(4,5)6/h11-12,15H,13-14H2,1-10H3. The van der Waals surface area contributed by atoms with E-state index in [1.54, 1.807) is 0 Å². The highest BCUT2D eigenvalue weighted by Gasteiger charge is 2.34. The van der Waals surface area contributed by atoms with Gasteiger partial charge in [0.1, 0.15) is 0 Å². The summed E-state index contributed by atoms with van der Waals surface area (Å²) in [6, 6.07) is 6.79. The molecule has 0 aliphatic carbocycles. The van der Waals surface area contributed by atoms with Crippen LogP contribution in [0, 0.1) is 0 Å². The Labute approximate surface area is 181 Å². The zero-order chi connectivity index (χ0) is 21.1. The van der Waals surface area contributed by atoms with Crippen LogP contribution >= 0.6 is 15.9 Å². The topological polar surface area (TPSA) is 18.5 Å². The molecule has 4 radical (unpaired) electrons. The highest BCUT2D eigenvalue weighted by molar-refractivity contribution is 9.09.